The van der Waals surface area contributed by atoms with Gasteiger partial charge in [-0.05, 0) is 37.0 Å². The van der Waals surface area contributed by atoms with E-state index in [-0.39, 0.29) is 0 Å². The summed E-state index contributed by atoms with van der Waals surface area (Å²) in [7, 11) is 0. The van der Waals surface area contributed by atoms with Crippen molar-refractivity contribution in [1.82, 2.24) is 4.57 Å². The number of nitrogens with zero attached hydrogens (tertiary/aromatic N) is 2. The van der Waals surface area contributed by atoms with Crippen molar-refractivity contribution in [3.05, 3.63) is 47.3 Å². The summed E-state index contributed by atoms with van der Waals surface area (Å²) in [4.78, 5) is 0. The van der Waals surface area contributed by atoms with Gasteiger partial charge >= 0.3 is 0 Å². The van der Waals surface area contributed by atoms with Crippen LogP contribution < -0.4 is 10.5 Å². The zero-order valence-corrected chi connectivity index (χ0v) is 13.5. The summed E-state index contributed by atoms with van der Waals surface area (Å²) in [5, 5.41) is 9.28. The van der Waals surface area contributed by atoms with E-state index in [1.165, 1.54) is 0 Å². The number of hydrogen-bond donors (Lipinski definition) is 1. The summed E-state index contributed by atoms with van der Waals surface area (Å²) in [6.45, 7) is 7.45. The fourth-order valence-electron chi connectivity index (χ4n) is 2.54. The number of benzene rings is 1. The zero-order chi connectivity index (χ0) is 16.1. The van der Waals surface area contributed by atoms with Gasteiger partial charge < -0.3 is 15.0 Å². The Kier molecular flexibility index (Phi) is 5.11. The molecule has 22 heavy (non-hydrogen) atoms. The zero-order valence-electron chi connectivity index (χ0n) is 13.5. The van der Waals surface area contributed by atoms with Gasteiger partial charge in [-0.1, -0.05) is 32.0 Å². The van der Waals surface area contributed by atoms with Crippen LogP contribution in [0.1, 0.15) is 30.8 Å². The standard InChI is InChI=1S/C18H23N3O/c1-13(2)10-17-16(20)11-15(12-19)21(17)8-9-22-18-7-5-4-6-14(18)3/h4-7,11,13H,8-10,20H2,1-3H3. The number of nitrogen functional groups attached to an aromatic ring is 1. The minimum atomic E-state index is 0.486. The number of aryl methyl sites for hydroxylation is 1. The number of nitrogens with two attached hydrogens (primary N) is 1. The molecule has 0 fully saturated rings. The highest BCUT2D eigenvalue weighted by atomic mass is 16.5. The Morgan fingerprint density at radius 2 is 2.05 bits per heavy atom. The predicted octanol–water partition coefficient (Wildman–Crippen LogP) is 3.53. The molecule has 2 aromatic rings. The van der Waals surface area contributed by atoms with Gasteiger partial charge in [-0.15, -0.1) is 0 Å². The van der Waals surface area contributed by atoms with E-state index in [4.69, 9.17) is 10.5 Å². The third-order valence-electron chi connectivity index (χ3n) is 3.62. The number of ether oxygens (including phenoxy) is 1. The monoisotopic (exact) mass is 297 g/mol. The average molecular weight is 297 g/mol. The van der Waals surface area contributed by atoms with Gasteiger partial charge in [0.1, 0.15) is 24.1 Å². The van der Waals surface area contributed by atoms with E-state index in [9.17, 15) is 5.26 Å². The molecule has 0 radical (unpaired) electrons. The number of anilines is 1. The van der Waals surface area contributed by atoms with Crippen LogP contribution in [0.25, 0.3) is 0 Å². The molecule has 2 rings (SSSR count). The van der Waals surface area contributed by atoms with Gasteiger partial charge in [0, 0.05) is 5.69 Å². The van der Waals surface area contributed by atoms with Gasteiger partial charge in [0.15, 0.2) is 0 Å². The lowest BCUT2D eigenvalue weighted by Crippen LogP contribution is -2.14. The first-order valence-corrected chi connectivity index (χ1v) is 7.59. The molecule has 0 spiro atoms. The van der Waals surface area contributed by atoms with Crippen LogP contribution in [0.3, 0.4) is 0 Å². The SMILES string of the molecule is Cc1ccccc1OCCn1c(C#N)cc(N)c1CC(C)C. The van der Waals surface area contributed by atoms with E-state index in [2.05, 4.69) is 19.9 Å². The highest BCUT2D eigenvalue weighted by Crippen LogP contribution is 2.22. The third-order valence-corrected chi connectivity index (χ3v) is 3.62. The fourth-order valence-corrected chi connectivity index (χ4v) is 2.54. The van der Waals surface area contributed by atoms with Gasteiger partial charge in [0.05, 0.1) is 12.2 Å². The summed E-state index contributed by atoms with van der Waals surface area (Å²) in [5.41, 5.74) is 9.49. The quantitative estimate of drug-likeness (QED) is 0.887. The Bertz CT molecular complexity index is 680. The van der Waals surface area contributed by atoms with Crippen molar-refractivity contribution in [1.29, 1.82) is 5.26 Å². The molecule has 0 bridgehead atoms. The second-order valence-corrected chi connectivity index (χ2v) is 5.91. The molecule has 0 aliphatic carbocycles. The highest BCUT2D eigenvalue weighted by Gasteiger charge is 2.14. The lowest BCUT2D eigenvalue weighted by molar-refractivity contribution is 0.294. The maximum atomic E-state index is 9.28. The van der Waals surface area contributed by atoms with Crippen molar-refractivity contribution < 1.29 is 4.74 Å². The lowest BCUT2D eigenvalue weighted by Gasteiger charge is -2.14. The third kappa shape index (κ3) is 3.62. The minimum absolute atomic E-state index is 0.486. The Labute approximate surface area is 132 Å². The van der Waals surface area contributed by atoms with Crippen molar-refractivity contribution in [2.24, 2.45) is 5.92 Å². The molecule has 0 saturated carbocycles. The molecule has 1 aromatic heterocycles. The summed E-state index contributed by atoms with van der Waals surface area (Å²) < 4.78 is 7.82. The van der Waals surface area contributed by atoms with E-state index in [1.807, 2.05) is 35.8 Å². The van der Waals surface area contributed by atoms with Crippen LogP contribution in [0, 0.1) is 24.2 Å². The van der Waals surface area contributed by atoms with E-state index in [1.54, 1.807) is 6.07 Å². The van der Waals surface area contributed by atoms with Gasteiger partial charge in [0.2, 0.25) is 0 Å². The number of hydrogen-bond acceptors (Lipinski definition) is 3. The van der Waals surface area contributed by atoms with Crippen LogP contribution in [0.15, 0.2) is 30.3 Å². The van der Waals surface area contributed by atoms with Gasteiger partial charge in [-0.2, -0.15) is 5.26 Å². The minimum Gasteiger partial charge on any atom is -0.491 e. The molecular weight excluding hydrogens is 274 g/mol. The highest BCUT2D eigenvalue weighted by molar-refractivity contribution is 5.50. The first kappa shape index (κ1) is 16.0. The Morgan fingerprint density at radius 3 is 2.68 bits per heavy atom. The largest absolute Gasteiger partial charge is 0.491 e. The maximum absolute atomic E-state index is 9.28. The fraction of sp³-hybridized carbons (Fsp3) is 0.389. The maximum Gasteiger partial charge on any atom is 0.122 e. The van der Waals surface area contributed by atoms with Crippen LogP contribution in [-0.4, -0.2) is 11.2 Å². The molecular formula is C18H23N3O. The normalized spacial score (nSPS) is 10.7. The van der Waals surface area contributed by atoms with Crippen LogP contribution in [0.4, 0.5) is 5.69 Å². The Morgan fingerprint density at radius 1 is 1.32 bits per heavy atom. The molecule has 2 N–H and O–H groups in total. The van der Waals surface area contributed by atoms with E-state index in [0.717, 1.165) is 23.4 Å². The summed E-state index contributed by atoms with van der Waals surface area (Å²) >= 11 is 0. The van der Waals surface area contributed by atoms with Gasteiger partial charge in [-0.3, -0.25) is 0 Å². The van der Waals surface area contributed by atoms with E-state index < -0.39 is 0 Å². The molecule has 0 unspecified atom stereocenters. The van der Waals surface area contributed by atoms with Crippen molar-refractivity contribution >= 4 is 5.69 Å². The van der Waals surface area contributed by atoms with Crippen molar-refractivity contribution in [3.8, 4) is 11.8 Å². The van der Waals surface area contributed by atoms with Gasteiger partial charge in [-0.25, -0.2) is 0 Å². The number of nitriles is 1. The average Bonchev–Trinajstić information content (AvgIpc) is 2.77. The summed E-state index contributed by atoms with van der Waals surface area (Å²) in [6.07, 6.45) is 0.859. The first-order valence-electron chi connectivity index (χ1n) is 7.59. The lowest BCUT2D eigenvalue weighted by atomic mass is 10.1. The molecule has 1 heterocycles. The summed E-state index contributed by atoms with van der Waals surface area (Å²) in [6, 6.07) is 11.9. The van der Waals surface area contributed by atoms with Crippen LogP contribution in [0.2, 0.25) is 0 Å². The van der Waals surface area contributed by atoms with Crippen LogP contribution in [-0.2, 0) is 13.0 Å². The van der Waals surface area contributed by atoms with E-state index >= 15 is 0 Å². The number of para-hydroxylation sites is 1. The van der Waals surface area contributed by atoms with Crippen LogP contribution >= 0.6 is 0 Å². The molecule has 0 aliphatic heterocycles. The molecule has 116 valence electrons. The Hall–Kier alpha value is -2.41. The first-order chi connectivity index (χ1) is 10.5. The van der Waals surface area contributed by atoms with Crippen molar-refractivity contribution in [3.63, 3.8) is 0 Å². The molecule has 0 atom stereocenters. The molecule has 0 aliphatic rings. The smallest absolute Gasteiger partial charge is 0.122 e. The second kappa shape index (κ2) is 7.04. The van der Waals surface area contributed by atoms with Crippen molar-refractivity contribution in [2.45, 2.75) is 33.7 Å². The van der Waals surface area contributed by atoms with Crippen molar-refractivity contribution in [2.75, 3.05) is 12.3 Å². The molecule has 1 aromatic carbocycles. The van der Waals surface area contributed by atoms with E-state index in [0.29, 0.717) is 30.5 Å². The number of rotatable bonds is 6. The number of aromatic nitrogens is 1. The second-order valence-electron chi connectivity index (χ2n) is 5.91. The molecule has 0 amide bonds. The topological polar surface area (TPSA) is 64.0 Å². The summed E-state index contributed by atoms with van der Waals surface area (Å²) in [5.74, 6) is 1.37. The molecule has 4 nitrogen and oxygen atoms in total. The molecule has 0 saturated heterocycles. The van der Waals surface area contributed by atoms with Crippen LogP contribution in [0.5, 0.6) is 5.75 Å². The van der Waals surface area contributed by atoms with Gasteiger partial charge in [0.25, 0.3) is 0 Å². The molecule has 4 heteroatoms. The Balaban J connectivity index is 2.12. The predicted molar refractivity (Wildman–Crippen MR) is 88.8 cm³/mol.